The third-order valence-corrected chi connectivity index (χ3v) is 5.94. The van der Waals surface area contributed by atoms with E-state index in [0.717, 1.165) is 25.9 Å². The van der Waals surface area contributed by atoms with Gasteiger partial charge in [0.2, 0.25) is 0 Å². The second-order valence-corrected chi connectivity index (χ2v) is 7.41. The molecule has 0 N–H and O–H groups in total. The van der Waals surface area contributed by atoms with Crippen molar-refractivity contribution < 1.29 is 13.2 Å². The van der Waals surface area contributed by atoms with Gasteiger partial charge in [-0.1, -0.05) is 6.92 Å². The molecule has 16 heavy (non-hydrogen) atoms. The molecule has 2 atom stereocenters. The predicted molar refractivity (Wildman–Crippen MR) is 62.0 cm³/mol. The van der Waals surface area contributed by atoms with Crippen molar-refractivity contribution in [2.75, 3.05) is 25.4 Å². The topological polar surface area (TPSA) is 54.5 Å². The largest absolute Gasteiger partial charge is 0.301 e. The molecule has 2 aliphatic heterocycles. The number of rotatable bonds is 2. The number of carbonyl (C=O) groups is 1. The highest BCUT2D eigenvalue weighted by Crippen LogP contribution is 2.22. The lowest BCUT2D eigenvalue weighted by Crippen LogP contribution is -2.44. The van der Waals surface area contributed by atoms with Crippen LogP contribution in [0, 0.1) is 5.92 Å². The summed E-state index contributed by atoms with van der Waals surface area (Å²) in [5.41, 5.74) is 0. The maximum Gasteiger partial charge on any atom is 0.154 e. The first-order valence-electron chi connectivity index (χ1n) is 5.95. The molecule has 0 aromatic rings. The fourth-order valence-electron chi connectivity index (χ4n) is 2.61. The lowest BCUT2D eigenvalue weighted by atomic mass is 9.98. The number of ketones is 1. The Hall–Kier alpha value is -0.420. The molecule has 2 saturated heterocycles. The number of likely N-dealkylation sites (tertiary alicyclic amines) is 1. The molecule has 0 bridgehead atoms. The van der Waals surface area contributed by atoms with Crippen molar-refractivity contribution in [1.29, 1.82) is 0 Å². The van der Waals surface area contributed by atoms with Crippen LogP contribution in [0.25, 0.3) is 0 Å². The molecule has 0 aliphatic carbocycles. The fourth-order valence-corrected chi connectivity index (χ4v) is 4.48. The molecule has 0 amide bonds. The maximum atomic E-state index is 11.7. The highest BCUT2D eigenvalue weighted by Gasteiger charge is 2.34. The van der Waals surface area contributed by atoms with E-state index in [1.165, 1.54) is 0 Å². The molecule has 0 aromatic carbocycles. The highest BCUT2D eigenvalue weighted by atomic mass is 32.2. The van der Waals surface area contributed by atoms with Crippen LogP contribution in [0.5, 0.6) is 0 Å². The van der Waals surface area contributed by atoms with Crippen molar-refractivity contribution in [3.05, 3.63) is 0 Å². The Balaban J connectivity index is 1.93. The van der Waals surface area contributed by atoms with E-state index in [4.69, 9.17) is 0 Å². The van der Waals surface area contributed by atoms with Crippen LogP contribution in [0.15, 0.2) is 0 Å². The van der Waals surface area contributed by atoms with Crippen LogP contribution in [0.4, 0.5) is 0 Å². The summed E-state index contributed by atoms with van der Waals surface area (Å²) >= 11 is 0. The van der Waals surface area contributed by atoms with E-state index in [1.807, 2.05) is 6.92 Å². The minimum Gasteiger partial charge on any atom is -0.301 e. The molecule has 2 aliphatic rings. The van der Waals surface area contributed by atoms with Crippen molar-refractivity contribution in [3.63, 3.8) is 0 Å². The van der Waals surface area contributed by atoms with Crippen LogP contribution < -0.4 is 0 Å². The fraction of sp³-hybridized carbons (Fsp3) is 0.909. The molecule has 0 aromatic heterocycles. The van der Waals surface area contributed by atoms with E-state index in [-0.39, 0.29) is 11.2 Å². The average molecular weight is 245 g/mol. The van der Waals surface area contributed by atoms with Crippen molar-refractivity contribution in [2.24, 2.45) is 5.92 Å². The van der Waals surface area contributed by atoms with Gasteiger partial charge in [0.1, 0.15) is 5.78 Å². The first-order chi connectivity index (χ1) is 7.49. The second kappa shape index (κ2) is 4.45. The summed E-state index contributed by atoms with van der Waals surface area (Å²) in [4.78, 5) is 13.5. The number of nitrogens with zero attached hydrogens (tertiary/aromatic N) is 1. The summed E-state index contributed by atoms with van der Waals surface area (Å²) in [6.07, 6.45) is 2.17. The Kier molecular flexibility index (Phi) is 3.35. The Morgan fingerprint density at radius 3 is 2.75 bits per heavy atom. The third-order valence-electron chi connectivity index (χ3n) is 3.68. The zero-order chi connectivity index (χ0) is 11.8. The summed E-state index contributed by atoms with van der Waals surface area (Å²) in [6.45, 7) is 4.01. The summed E-state index contributed by atoms with van der Waals surface area (Å²) < 4.78 is 23.4. The van der Waals surface area contributed by atoms with Crippen LogP contribution in [-0.4, -0.2) is 49.7 Å². The standard InChI is InChI=1S/C11H19NO3S/c1-9-7-12(5-4-11(9)13)8-10-3-2-6-16(10,14)15/h9-10H,2-8H2,1H3. The van der Waals surface area contributed by atoms with Gasteiger partial charge in [-0.2, -0.15) is 0 Å². The molecule has 4 nitrogen and oxygen atoms in total. The quantitative estimate of drug-likeness (QED) is 0.710. The first-order valence-corrected chi connectivity index (χ1v) is 7.67. The van der Waals surface area contributed by atoms with Gasteiger partial charge in [-0.3, -0.25) is 4.79 Å². The highest BCUT2D eigenvalue weighted by molar-refractivity contribution is 7.92. The molecule has 0 spiro atoms. The van der Waals surface area contributed by atoms with E-state index in [9.17, 15) is 13.2 Å². The molecular formula is C11H19NO3S. The molecule has 2 fully saturated rings. The Morgan fingerprint density at radius 1 is 1.44 bits per heavy atom. The third kappa shape index (κ3) is 2.46. The number of hydrogen-bond donors (Lipinski definition) is 0. The Bertz CT molecular complexity index is 377. The van der Waals surface area contributed by atoms with Gasteiger partial charge in [-0.05, 0) is 12.8 Å². The minimum atomic E-state index is -2.84. The van der Waals surface area contributed by atoms with Gasteiger partial charge in [-0.25, -0.2) is 8.42 Å². The van der Waals surface area contributed by atoms with E-state index < -0.39 is 9.84 Å². The van der Waals surface area contributed by atoms with Crippen LogP contribution in [-0.2, 0) is 14.6 Å². The number of sulfone groups is 1. The van der Waals surface area contributed by atoms with Crippen molar-refractivity contribution in [3.8, 4) is 0 Å². The normalized spacial score (nSPS) is 35.4. The minimum absolute atomic E-state index is 0.0675. The summed E-state index contributed by atoms with van der Waals surface area (Å²) in [7, 11) is -2.84. The Labute approximate surface area is 96.9 Å². The number of piperidine rings is 1. The summed E-state index contributed by atoms with van der Waals surface area (Å²) in [6, 6.07) is 0. The Morgan fingerprint density at radius 2 is 2.19 bits per heavy atom. The lowest BCUT2D eigenvalue weighted by Gasteiger charge is -2.31. The van der Waals surface area contributed by atoms with Crippen molar-refractivity contribution >= 4 is 15.6 Å². The van der Waals surface area contributed by atoms with Gasteiger partial charge >= 0.3 is 0 Å². The summed E-state index contributed by atoms with van der Waals surface area (Å²) in [5, 5.41) is -0.187. The molecule has 0 radical (unpaired) electrons. The van der Waals surface area contributed by atoms with E-state index in [2.05, 4.69) is 4.90 Å². The van der Waals surface area contributed by atoms with Crippen molar-refractivity contribution in [1.82, 2.24) is 4.90 Å². The maximum absolute atomic E-state index is 11.7. The molecule has 5 heteroatoms. The van der Waals surface area contributed by atoms with Gasteiger partial charge in [-0.15, -0.1) is 0 Å². The van der Waals surface area contributed by atoms with Gasteiger partial charge in [0.15, 0.2) is 9.84 Å². The molecule has 2 rings (SSSR count). The van der Waals surface area contributed by atoms with Crippen LogP contribution in [0.1, 0.15) is 26.2 Å². The van der Waals surface area contributed by atoms with E-state index in [1.54, 1.807) is 0 Å². The number of hydrogen-bond acceptors (Lipinski definition) is 4. The zero-order valence-electron chi connectivity index (χ0n) is 9.68. The van der Waals surface area contributed by atoms with Gasteiger partial charge in [0, 0.05) is 32.0 Å². The predicted octanol–water partition coefficient (Wildman–Crippen LogP) is 0.474. The van der Waals surface area contributed by atoms with Gasteiger partial charge in [0.25, 0.3) is 0 Å². The molecule has 0 saturated carbocycles. The zero-order valence-corrected chi connectivity index (χ0v) is 10.5. The smallest absolute Gasteiger partial charge is 0.154 e. The first kappa shape index (κ1) is 12.0. The molecule has 2 heterocycles. The molecule has 2 unspecified atom stereocenters. The van der Waals surface area contributed by atoms with Gasteiger partial charge < -0.3 is 4.90 Å². The van der Waals surface area contributed by atoms with Crippen LogP contribution in [0.3, 0.4) is 0 Å². The average Bonchev–Trinajstić information content (AvgIpc) is 2.52. The molecular weight excluding hydrogens is 226 g/mol. The van der Waals surface area contributed by atoms with Gasteiger partial charge in [0.05, 0.1) is 11.0 Å². The van der Waals surface area contributed by atoms with Crippen LogP contribution >= 0.6 is 0 Å². The number of carbonyl (C=O) groups excluding carboxylic acids is 1. The SMILES string of the molecule is CC1CN(CC2CCCS2(=O)=O)CCC1=O. The molecule has 92 valence electrons. The van der Waals surface area contributed by atoms with Crippen LogP contribution in [0.2, 0.25) is 0 Å². The lowest BCUT2D eigenvalue weighted by molar-refractivity contribution is -0.125. The monoisotopic (exact) mass is 245 g/mol. The second-order valence-electron chi connectivity index (χ2n) is 5.01. The summed E-state index contributed by atoms with van der Waals surface area (Å²) in [5.74, 6) is 0.725. The van der Waals surface area contributed by atoms with E-state index >= 15 is 0 Å². The number of Topliss-reactive ketones (excluding diaryl/α,β-unsaturated/α-hetero) is 1. The van der Waals surface area contributed by atoms with E-state index in [0.29, 0.717) is 24.5 Å². The van der Waals surface area contributed by atoms with Crippen molar-refractivity contribution in [2.45, 2.75) is 31.4 Å².